The minimum Gasteiger partial charge on any atom is -0.360 e. The molecule has 0 aliphatic carbocycles. The quantitative estimate of drug-likeness (QED) is 0.245. The van der Waals surface area contributed by atoms with Crippen molar-refractivity contribution in [3.05, 3.63) is 75.7 Å². The molecule has 0 saturated heterocycles. The third kappa shape index (κ3) is 6.11. The first kappa shape index (κ1) is 25.8. The van der Waals surface area contributed by atoms with E-state index in [9.17, 15) is 0 Å². The number of hydrogen-bond donors (Lipinski definition) is 1. The van der Waals surface area contributed by atoms with Gasteiger partial charge in [0.2, 0.25) is 0 Å². The molecule has 186 valence electrons. The van der Waals surface area contributed by atoms with Crippen LogP contribution >= 0.6 is 23.2 Å². The van der Waals surface area contributed by atoms with Crippen molar-refractivity contribution in [2.24, 2.45) is 5.41 Å². The van der Waals surface area contributed by atoms with Gasteiger partial charge in [0.1, 0.15) is 5.82 Å². The lowest BCUT2D eigenvalue weighted by Crippen LogP contribution is -2.32. The molecule has 0 aliphatic heterocycles. The molecule has 0 bridgehead atoms. The molecule has 0 saturated carbocycles. The number of benzene rings is 2. The van der Waals surface area contributed by atoms with Crippen molar-refractivity contribution >= 4 is 34.1 Å². The van der Waals surface area contributed by atoms with E-state index in [4.69, 9.17) is 28.2 Å². The van der Waals surface area contributed by atoms with E-state index in [0.29, 0.717) is 5.15 Å². The summed E-state index contributed by atoms with van der Waals surface area (Å²) in [5.74, 6) is 0.966. The van der Waals surface area contributed by atoms with E-state index in [1.54, 1.807) is 0 Å². The van der Waals surface area contributed by atoms with E-state index in [1.807, 2.05) is 6.20 Å². The second-order valence-electron chi connectivity index (χ2n) is 10.7. The van der Waals surface area contributed by atoms with Crippen LogP contribution in [0.15, 0.2) is 48.7 Å². The number of nitrogens with one attached hydrogen (secondary N) is 1. The van der Waals surface area contributed by atoms with Gasteiger partial charge in [0, 0.05) is 48.8 Å². The summed E-state index contributed by atoms with van der Waals surface area (Å²) in [6.07, 6.45) is 4.05. The highest BCUT2D eigenvalue weighted by Gasteiger charge is 2.23. The summed E-state index contributed by atoms with van der Waals surface area (Å²) >= 11 is 13.3. The van der Waals surface area contributed by atoms with Gasteiger partial charge in [-0.1, -0.05) is 87.6 Å². The highest BCUT2D eigenvalue weighted by atomic mass is 35.5. The number of aromatic amines is 1. The monoisotopic (exact) mass is 510 g/mol. The Labute approximate surface area is 219 Å². The maximum atomic E-state index is 6.85. The maximum absolute atomic E-state index is 6.85. The van der Waals surface area contributed by atoms with Crippen LogP contribution in [-0.2, 0) is 19.6 Å². The first-order valence-corrected chi connectivity index (χ1v) is 13.2. The van der Waals surface area contributed by atoms with E-state index in [2.05, 4.69) is 91.5 Å². The average molecular weight is 512 g/mol. The van der Waals surface area contributed by atoms with Gasteiger partial charge >= 0.3 is 0 Å². The topological polar surface area (TPSA) is 36.9 Å². The van der Waals surface area contributed by atoms with Crippen LogP contribution in [-0.4, -0.2) is 26.0 Å². The molecule has 0 fully saturated rings. The molecule has 2 aromatic carbocycles. The predicted octanol–water partition coefficient (Wildman–Crippen LogP) is 8.50. The SMILES string of the molecule is CCCCn1c(-c2ccccc2C)nc(Cl)c1CN(Cc1ccc2[nH]cc(Cl)c2c1)CC(C)(C)C. The lowest BCUT2D eigenvalue weighted by molar-refractivity contribution is 0.173. The second-order valence-corrected chi connectivity index (χ2v) is 11.5. The Kier molecular flexibility index (Phi) is 7.95. The molecule has 0 aliphatic rings. The minimum atomic E-state index is 0.134. The molecule has 4 nitrogen and oxygen atoms in total. The Hall–Kier alpha value is -2.27. The second kappa shape index (κ2) is 10.8. The summed E-state index contributed by atoms with van der Waals surface area (Å²) in [6.45, 7) is 14.6. The molecular weight excluding hydrogens is 475 g/mol. The zero-order chi connectivity index (χ0) is 25.2. The normalized spacial score (nSPS) is 12.2. The van der Waals surface area contributed by atoms with E-state index < -0.39 is 0 Å². The smallest absolute Gasteiger partial charge is 0.152 e. The molecule has 0 spiro atoms. The number of halogens is 2. The molecule has 4 rings (SSSR count). The summed E-state index contributed by atoms with van der Waals surface area (Å²) in [5, 5.41) is 2.42. The third-order valence-electron chi connectivity index (χ3n) is 6.32. The van der Waals surface area contributed by atoms with Crippen molar-refractivity contribution in [2.75, 3.05) is 6.54 Å². The van der Waals surface area contributed by atoms with Gasteiger partial charge in [-0.3, -0.25) is 4.90 Å². The summed E-state index contributed by atoms with van der Waals surface area (Å²) in [4.78, 5) is 10.6. The Morgan fingerprint density at radius 3 is 2.54 bits per heavy atom. The van der Waals surface area contributed by atoms with Crippen LogP contribution in [0.2, 0.25) is 10.2 Å². The lowest BCUT2D eigenvalue weighted by Gasteiger charge is -2.30. The molecule has 0 amide bonds. The highest BCUT2D eigenvalue weighted by molar-refractivity contribution is 6.35. The molecule has 0 radical (unpaired) electrons. The Morgan fingerprint density at radius 1 is 1.06 bits per heavy atom. The van der Waals surface area contributed by atoms with E-state index in [1.165, 1.54) is 11.1 Å². The van der Waals surface area contributed by atoms with Crippen LogP contribution in [0, 0.1) is 12.3 Å². The molecule has 35 heavy (non-hydrogen) atoms. The fraction of sp³-hybridized carbons (Fsp3) is 0.414. The van der Waals surface area contributed by atoms with Gasteiger partial charge in [0.05, 0.1) is 10.7 Å². The Morgan fingerprint density at radius 2 is 1.83 bits per heavy atom. The van der Waals surface area contributed by atoms with E-state index >= 15 is 0 Å². The van der Waals surface area contributed by atoms with Crippen molar-refractivity contribution in [2.45, 2.75) is 67.1 Å². The number of imidazole rings is 1. The minimum absolute atomic E-state index is 0.134. The lowest BCUT2D eigenvalue weighted by atomic mass is 9.95. The predicted molar refractivity (Wildman–Crippen MR) is 149 cm³/mol. The molecule has 4 aromatic rings. The number of nitrogens with zero attached hydrogens (tertiary/aromatic N) is 3. The van der Waals surface area contributed by atoms with Crippen molar-refractivity contribution in [3.63, 3.8) is 0 Å². The van der Waals surface area contributed by atoms with Crippen LogP contribution < -0.4 is 0 Å². The largest absolute Gasteiger partial charge is 0.360 e. The van der Waals surface area contributed by atoms with E-state index in [-0.39, 0.29) is 5.41 Å². The van der Waals surface area contributed by atoms with Crippen LogP contribution in [0.5, 0.6) is 0 Å². The first-order chi connectivity index (χ1) is 16.7. The summed E-state index contributed by atoms with van der Waals surface area (Å²) in [5.41, 5.74) is 5.87. The highest BCUT2D eigenvalue weighted by Crippen LogP contribution is 2.31. The average Bonchev–Trinajstić information content (AvgIpc) is 3.31. The number of rotatable bonds is 9. The van der Waals surface area contributed by atoms with Crippen molar-refractivity contribution < 1.29 is 0 Å². The standard InChI is InChI=1S/C29H36Cl2N4/c1-6-7-14-35-26(27(31)33-28(35)22-11-9-8-10-20(22)2)18-34(19-29(3,4)5)17-21-12-13-25-23(15-21)24(30)16-32-25/h8-13,15-16,32H,6-7,14,17-19H2,1-5H3. The Balaban J connectivity index is 1.71. The number of hydrogen-bond acceptors (Lipinski definition) is 2. The fourth-order valence-corrected chi connectivity index (χ4v) is 5.19. The summed E-state index contributed by atoms with van der Waals surface area (Å²) in [6, 6.07) is 14.9. The summed E-state index contributed by atoms with van der Waals surface area (Å²) < 4.78 is 2.34. The zero-order valence-electron chi connectivity index (χ0n) is 21.5. The number of unbranched alkanes of at least 4 members (excludes halogenated alkanes) is 1. The fourth-order valence-electron chi connectivity index (χ4n) is 4.73. The summed E-state index contributed by atoms with van der Waals surface area (Å²) in [7, 11) is 0. The number of aromatic nitrogens is 3. The van der Waals surface area contributed by atoms with Crippen LogP contribution in [0.1, 0.15) is 57.4 Å². The van der Waals surface area contributed by atoms with Crippen LogP contribution in [0.3, 0.4) is 0 Å². The maximum Gasteiger partial charge on any atom is 0.152 e. The molecular formula is C29H36Cl2N4. The van der Waals surface area contributed by atoms with Gasteiger partial charge in [-0.05, 0) is 42.0 Å². The van der Waals surface area contributed by atoms with Gasteiger partial charge in [0.15, 0.2) is 5.15 Å². The van der Waals surface area contributed by atoms with Gasteiger partial charge in [-0.15, -0.1) is 0 Å². The first-order valence-electron chi connectivity index (χ1n) is 12.4. The van der Waals surface area contributed by atoms with Crippen LogP contribution in [0.25, 0.3) is 22.3 Å². The molecule has 0 atom stereocenters. The van der Waals surface area contributed by atoms with Gasteiger partial charge < -0.3 is 9.55 Å². The number of fused-ring (bicyclic) bond motifs is 1. The van der Waals surface area contributed by atoms with Gasteiger partial charge in [-0.2, -0.15) is 0 Å². The Bertz CT molecular complexity index is 1300. The molecule has 2 heterocycles. The number of aryl methyl sites for hydroxylation is 1. The molecule has 6 heteroatoms. The van der Waals surface area contributed by atoms with Crippen molar-refractivity contribution in [1.82, 2.24) is 19.4 Å². The van der Waals surface area contributed by atoms with E-state index in [0.717, 1.165) is 72.0 Å². The molecule has 0 unspecified atom stereocenters. The number of H-pyrrole nitrogens is 1. The molecule has 2 aromatic heterocycles. The molecule has 1 N–H and O–H groups in total. The van der Waals surface area contributed by atoms with Crippen LogP contribution in [0.4, 0.5) is 0 Å². The van der Waals surface area contributed by atoms with Gasteiger partial charge in [0.25, 0.3) is 0 Å². The zero-order valence-corrected chi connectivity index (χ0v) is 23.0. The van der Waals surface area contributed by atoms with Crippen molar-refractivity contribution in [3.8, 4) is 11.4 Å². The third-order valence-corrected chi connectivity index (χ3v) is 6.93. The van der Waals surface area contributed by atoms with Crippen molar-refractivity contribution in [1.29, 1.82) is 0 Å². The van der Waals surface area contributed by atoms with Gasteiger partial charge in [-0.25, -0.2) is 4.98 Å².